The minimum atomic E-state index is -3.83. The number of hydrogen-bond acceptors (Lipinski definition) is 5. The minimum absolute atomic E-state index is 0.0176. The van der Waals surface area contributed by atoms with Crippen molar-refractivity contribution in [2.24, 2.45) is 0 Å². The summed E-state index contributed by atoms with van der Waals surface area (Å²) in [5, 5.41) is 13.2. The highest BCUT2D eigenvalue weighted by molar-refractivity contribution is 7.89. The topological polar surface area (TPSA) is 105 Å². The maximum absolute atomic E-state index is 13.5. The monoisotopic (exact) mass is 476 g/mol. The quantitative estimate of drug-likeness (QED) is 0.374. The normalized spacial score (nSPS) is 11.6. The van der Waals surface area contributed by atoms with E-state index >= 15 is 0 Å². The lowest BCUT2D eigenvalue weighted by atomic mass is 10.1. The summed E-state index contributed by atoms with van der Waals surface area (Å²) in [6, 6.07) is 19.9. The molecule has 0 fully saturated rings. The number of pyridine rings is 1. The maximum Gasteiger partial charge on any atom is 0.303 e. The molecular formula is C25H24N4O4S. The average Bonchev–Trinajstić information content (AvgIpc) is 3.39. The molecular weight excluding hydrogens is 452 g/mol. The van der Waals surface area contributed by atoms with Gasteiger partial charge in [-0.25, -0.2) is 13.1 Å². The number of benzene rings is 2. The van der Waals surface area contributed by atoms with Crippen LogP contribution in [0.4, 0.5) is 0 Å². The zero-order chi connectivity index (χ0) is 24.0. The van der Waals surface area contributed by atoms with Crippen LogP contribution in [0.2, 0.25) is 0 Å². The second-order valence-electron chi connectivity index (χ2n) is 7.79. The van der Waals surface area contributed by atoms with Gasteiger partial charge in [0.15, 0.2) is 0 Å². The largest absolute Gasteiger partial charge is 0.481 e. The molecule has 0 spiro atoms. The van der Waals surface area contributed by atoms with Gasteiger partial charge in [-0.3, -0.25) is 9.78 Å². The second kappa shape index (κ2) is 10.4. The summed E-state index contributed by atoms with van der Waals surface area (Å²) in [6.45, 7) is 0.301. The van der Waals surface area contributed by atoms with E-state index in [4.69, 9.17) is 5.11 Å². The summed E-state index contributed by atoms with van der Waals surface area (Å²) >= 11 is 0. The Labute approximate surface area is 198 Å². The Balaban J connectivity index is 1.61. The summed E-state index contributed by atoms with van der Waals surface area (Å²) in [5.41, 5.74) is 3.33. The number of carbonyl (C=O) groups is 1. The summed E-state index contributed by atoms with van der Waals surface area (Å²) in [6.07, 6.45) is 6.80. The molecule has 0 saturated carbocycles. The molecule has 0 aliphatic rings. The number of aromatic nitrogens is 3. The maximum atomic E-state index is 13.5. The third-order valence-corrected chi connectivity index (χ3v) is 7.09. The van der Waals surface area contributed by atoms with Gasteiger partial charge in [-0.1, -0.05) is 36.4 Å². The van der Waals surface area contributed by atoms with Gasteiger partial charge in [0, 0.05) is 44.3 Å². The van der Waals surface area contributed by atoms with E-state index in [1.165, 1.54) is 22.8 Å². The molecule has 0 atom stereocenters. The highest BCUT2D eigenvalue weighted by Crippen LogP contribution is 2.22. The Kier molecular flexibility index (Phi) is 7.15. The first-order valence-electron chi connectivity index (χ1n) is 10.7. The Morgan fingerprint density at radius 1 is 0.912 bits per heavy atom. The number of nitrogens with zero attached hydrogens (tertiary/aromatic N) is 4. The third-order valence-electron chi connectivity index (χ3n) is 5.31. The second-order valence-corrected chi connectivity index (χ2v) is 9.73. The number of aliphatic carboxylic acids is 1. The first-order valence-corrected chi connectivity index (χ1v) is 12.1. The molecule has 2 aromatic carbocycles. The molecule has 0 aliphatic carbocycles. The van der Waals surface area contributed by atoms with Crippen LogP contribution in [0.1, 0.15) is 23.1 Å². The Bertz CT molecular complexity index is 1340. The predicted molar refractivity (Wildman–Crippen MR) is 127 cm³/mol. The molecule has 0 saturated heterocycles. The van der Waals surface area contributed by atoms with Crippen molar-refractivity contribution >= 4 is 16.0 Å². The zero-order valence-electron chi connectivity index (χ0n) is 18.4. The molecule has 2 heterocycles. The highest BCUT2D eigenvalue weighted by Gasteiger charge is 2.25. The van der Waals surface area contributed by atoms with E-state index in [-0.39, 0.29) is 24.4 Å². The molecule has 9 heteroatoms. The first-order chi connectivity index (χ1) is 16.4. The van der Waals surface area contributed by atoms with Crippen LogP contribution >= 0.6 is 0 Å². The smallest absolute Gasteiger partial charge is 0.303 e. The van der Waals surface area contributed by atoms with E-state index < -0.39 is 16.0 Å². The fraction of sp³-hybridized carbons (Fsp3) is 0.160. The summed E-state index contributed by atoms with van der Waals surface area (Å²) in [5.74, 6) is -0.871. The van der Waals surface area contributed by atoms with Crippen LogP contribution in [0.15, 0.2) is 96.4 Å². The number of aryl methyl sites for hydroxylation is 1. The zero-order valence-corrected chi connectivity index (χ0v) is 19.2. The van der Waals surface area contributed by atoms with E-state index in [1.807, 2.05) is 60.8 Å². The van der Waals surface area contributed by atoms with Gasteiger partial charge >= 0.3 is 5.97 Å². The molecule has 1 N–H and O–H groups in total. The van der Waals surface area contributed by atoms with E-state index in [2.05, 4.69) is 10.1 Å². The fourth-order valence-corrected chi connectivity index (χ4v) is 4.97. The standard InChI is InChI=1S/C25H24N4O4S/c30-25(31)12-9-20-4-1-5-22(16-20)19-28(34(32,33)24-6-2-13-26-17-24)18-21-7-10-23(11-8-21)29-15-3-14-27-29/h1-8,10-11,13-17H,9,12,18-19H2,(H,30,31). The van der Waals surface area contributed by atoms with Gasteiger partial charge < -0.3 is 5.11 Å². The van der Waals surface area contributed by atoms with Crippen molar-refractivity contribution in [3.05, 3.63) is 108 Å². The van der Waals surface area contributed by atoms with Gasteiger partial charge in [-0.05, 0) is 53.4 Å². The van der Waals surface area contributed by atoms with Crippen molar-refractivity contribution in [2.75, 3.05) is 0 Å². The van der Waals surface area contributed by atoms with Crippen molar-refractivity contribution < 1.29 is 18.3 Å². The van der Waals surface area contributed by atoms with Gasteiger partial charge in [0.1, 0.15) is 4.90 Å². The van der Waals surface area contributed by atoms with Gasteiger partial charge in [-0.15, -0.1) is 0 Å². The lowest BCUT2D eigenvalue weighted by Gasteiger charge is -2.23. The van der Waals surface area contributed by atoms with Gasteiger partial charge in [0.2, 0.25) is 10.0 Å². The average molecular weight is 477 g/mol. The van der Waals surface area contributed by atoms with Crippen LogP contribution < -0.4 is 0 Å². The number of sulfonamides is 1. The summed E-state index contributed by atoms with van der Waals surface area (Å²) in [7, 11) is -3.83. The van der Waals surface area contributed by atoms with Crippen molar-refractivity contribution in [2.45, 2.75) is 30.8 Å². The SMILES string of the molecule is O=C(O)CCc1cccc(CN(Cc2ccc(-n3cccn3)cc2)S(=O)(=O)c2cccnc2)c1. The molecule has 0 amide bonds. The number of rotatable bonds is 10. The lowest BCUT2D eigenvalue weighted by molar-refractivity contribution is -0.136. The predicted octanol–water partition coefficient (Wildman–Crippen LogP) is 3.68. The van der Waals surface area contributed by atoms with Crippen LogP contribution in [0.25, 0.3) is 5.69 Å². The molecule has 34 heavy (non-hydrogen) atoms. The van der Waals surface area contributed by atoms with E-state index in [0.717, 1.165) is 22.4 Å². The van der Waals surface area contributed by atoms with Crippen LogP contribution in [0, 0.1) is 0 Å². The number of carboxylic acids is 1. The molecule has 8 nitrogen and oxygen atoms in total. The molecule has 0 unspecified atom stereocenters. The van der Waals surface area contributed by atoms with E-state index in [0.29, 0.717) is 6.42 Å². The van der Waals surface area contributed by atoms with E-state index in [1.54, 1.807) is 16.9 Å². The Morgan fingerprint density at radius 2 is 1.68 bits per heavy atom. The van der Waals surface area contributed by atoms with Crippen molar-refractivity contribution in [1.82, 2.24) is 19.1 Å². The molecule has 4 aromatic rings. The van der Waals surface area contributed by atoms with Crippen molar-refractivity contribution in [1.29, 1.82) is 0 Å². The first kappa shape index (κ1) is 23.3. The highest BCUT2D eigenvalue weighted by atomic mass is 32.2. The number of carboxylic acid groups (broad SMARTS) is 1. The molecule has 0 bridgehead atoms. The van der Waals surface area contributed by atoms with E-state index in [9.17, 15) is 13.2 Å². The van der Waals surface area contributed by atoms with Crippen molar-refractivity contribution in [3.63, 3.8) is 0 Å². The molecule has 174 valence electrons. The van der Waals surface area contributed by atoms with Crippen LogP contribution in [-0.2, 0) is 34.3 Å². The fourth-order valence-electron chi connectivity index (χ4n) is 3.59. The lowest BCUT2D eigenvalue weighted by Crippen LogP contribution is -2.30. The summed E-state index contributed by atoms with van der Waals surface area (Å²) in [4.78, 5) is 15.0. The molecule has 4 rings (SSSR count). The van der Waals surface area contributed by atoms with Crippen LogP contribution in [0.3, 0.4) is 0 Å². The minimum Gasteiger partial charge on any atom is -0.481 e. The Morgan fingerprint density at radius 3 is 2.35 bits per heavy atom. The van der Waals surface area contributed by atoms with Gasteiger partial charge in [0.25, 0.3) is 0 Å². The molecule has 0 radical (unpaired) electrons. The third kappa shape index (κ3) is 5.75. The summed E-state index contributed by atoms with van der Waals surface area (Å²) < 4.78 is 30.1. The van der Waals surface area contributed by atoms with Crippen LogP contribution in [0.5, 0.6) is 0 Å². The van der Waals surface area contributed by atoms with Gasteiger partial charge in [0.05, 0.1) is 5.69 Å². The number of hydrogen-bond donors (Lipinski definition) is 1. The van der Waals surface area contributed by atoms with Gasteiger partial charge in [-0.2, -0.15) is 9.40 Å². The van der Waals surface area contributed by atoms with Crippen molar-refractivity contribution in [3.8, 4) is 5.69 Å². The molecule has 2 aromatic heterocycles. The van der Waals surface area contributed by atoms with Crippen LogP contribution in [-0.4, -0.2) is 38.6 Å². The Hall–Kier alpha value is -3.82. The molecule has 0 aliphatic heterocycles.